The van der Waals surface area contributed by atoms with Crippen molar-refractivity contribution in [1.82, 2.24) is 9.80 Å². The average molecular weight is 484 g/mol. The van der Waals surface area contributed by atoms with Crippen LogP contribution in [0.4, 0.5) is 5.69 Å². The van der Waals surface area contributed by atoms with Crippen LogP contribution in [0.15, 0.2) is 46.9 Å². The van der Waals surface area contributed by atoms with Gasteiger partial charge in [0.05, 0.1) is 22.4 Å². The zero-order valence-electron chi connectivity index (χ0n) is 16.9. The predicted octanol–water partition coefficient (Wildman–Crippen LogP) is 3.70. The molecular weight excluding hydrogens is 462 g/mol. The van der Waals surface area contributed by atoms with Gasteiger partial charge in [0, 0.05) is 30.5 Å². The molecule has 2 aromatic carbocycles. The van der Waals surface area contributed by atoms with Crippen molar-refractivity contribution in [3.8, 4) is 0 Å². The van der Waals surface area contributed by atoms with E-state index in [9.17, 15) is 19.2 Å². The van der Waals surface area contributed by atoms with Gasteiger partial charge in [0.15, 0.2) is 0 Å². The minimum Gasteiger partial charge on any atom is -0.339 e. The first-order valence-electron chi connectivity index (χ1n) is 10.3. The first kappa shape index (κ1) is 21.2. The highest BCUT2D eigenvalue weighted by atomic mass is 79.9. The van der Waals surface area contributed by atoms with Crippen LogP contribution in [0.3, 0.4) is 0 Å². The largest absolute Gasteiger partial charge is 0.339 e. The van der Waals surface area contributed by atoms with Crippen LogP contribution in [-0.2, 0) is 4.79 Å². The first-order chi connectivity index (χ1) is 15.0. The van der Waals surface area contributed by atoms with E-state index in [1.165, 1.54) is 0 Å². The Labute approximate surface area is 188 Å². The molecule has 0 radical (unpaired) electrons. The molecule has 4 rings (SSSR count). The molecular formula is C23H22BrN3O4. The van der Waals surface area contributed by atoms with Gasteiger partial charge in [0.25, 0.3) is 17.7 Å². The number of carbonyl (C=O) groups excluding carboxylic acids is 4. The van der Waals surface area contributed by atoms with Crippen molar-refractivity contribution in [1.29, 1.82) is 0 Å². The molecule has 2 aliphatic rings. The molecule has 0 bridgehead atoms. The number of anilines is 1. The Morgan fingerprint density at radius 3 is 2.42 bits per heavy atom. The number of imide groups is 1. The molecule has 8 heteroatoms. The second kappa shape index (κ2) is 9.01. The van der Waals surface area contributed by atoms with Crippen molar-refractivity contribution < 1.29 is 19.2 Å². The van der Waals surface area contributed by atoms with E-state index in [0.717, 1.165) is 37.3 Å². The van der Waals surface area contributed by atoms with Gasteiger partial charge >= 0.3 is 0 Å². The summed E-state index contributed by atoms with van der Waals surface area (Å²) in [5.41, 5.74) is 1.56. The zero-order chi connectivity index (χ0) is 22.0. The highest BCUT2D eigenvalue weighted by Crippen LogP contribution is 2.26. The minimum atomic E-state index is -0.408. The molecule has 0 aliphatic carbocycles. The Hall–Kier alpha value is -3.00. The topological polar surface area (TPSA) is 86.8 Å². The van der Waals surface area contributed by atoms with Crippen molar-refractivity contribution >= 4 is 45.2 Å². The van der Waals surface area contributed by atoms with Crippen LogP contribution < -0.4 is 5.32 Å². The van der Waals surface area contributed by atoms with E-state index in [0.29, 0.717) is 26.9 Å². The predicted molar refractivity (Wildman–Crippen MR) is 119 cm³/mol. The number of piperidine rings is 1. The number of halogens is 1. The molecule has 0 aromatic heterocycles. The van der Waals surface area contributed by atoms with Gasteiger partial charge < -0.3 is 10.2 Å². The number of nitrogens with zero attached hydrogens (tertiary/aromatic N) is 2. The molecule has 160 valence electrons. The van der Waals surface area contributed by atoms with Crippen LogP contribution in [0.25, 0.3) is 0 Å². The normalized spacial score (nSPS) is 15.8. The summed E-state index contributed by atoms with van der Waals surface area (Å²) in [5, 5.41) is 2.77. The Bertz CT molecular complexity index is 1060. The van der Waals surface area contributed by atoms with E-state index in [2.05, 4.69) is 21.2 Å². The molecule has 0 spiro atoms. The summed E-state index contributed by atoms with van der Waals surface area (Å²) in [6.07, 6.45) is 3.03. The Morgan fingerprint density at radius 2 is 1.65 bits per heavy atom. The lowest BCUT2D eigenvalue weighted by Gasteiger charge is -2.27. The SMILES string of the molecule is O=C(CCN1C(=O)c2ccc(Br)cc2C1=O)Nc1ccccc1C(=O)N1CCCCC1. The number of benzene rings is 2. The smallest absolute Gasteiger partial charge is 0.261 e. The molecule has 0 unspecified atom stereocenters. The third-order valence-corrected chi connectivity index (χ3v) is 6.06. The summed E-state index contributed by atoms with van der Waals surface area (Å²) in [5.74, 6) is -1.27. The van der Waals surface area contributed by atoms with Gasteiger partial charge in [0.2, 0.25) is 5.91 Å². The van der Waals surface area contributed by atoms with Gasteiger partial charge in [-0.15, -0.1) is 0 Å². The highest BCUT2D eigenvalue weighted by Gasteiger charge is 2.35. The van der Waals surface area contributed by atoms with E-state index >= 15 is 0 Å². The molecule has 2 heterocycles. The van der Waals surface area contributed by atoms with E-state index in [1.54, 1.807) is 42.5 Å². The molecule has 1 saturated heterocycles. The number of para-hydroxylation sites is 1. The fourth-order valence-corrected chi connectivity index (χ4v) is 4.30. The van der Waals surface area contributed by atoms with Crippen molar-refractivity contribution in [2.45, 2.75) is 25.7 Å². The second-order valence-corrected chi connectivity index (χ2v) is 8.56. The number of likely N-dealkylation sites (tertiary alicyclic amines) is 1. The maximum atomic E-state index is 12.9. The zero-order valence-corrected chi connectivity index (χ0v) is 18.5. The molecule has 0 saturated carbocycles. The van der Waals surface area contributed by atoms with E-state index in [4.69, 9.17) is 0 Å². The summed E-state index contributed by atoms with van der Waals surface area (Å²) in [6.45, 7) is 1.41. The lowest BCUT2D eigenvalue weighted by molar-refractivity contribution is -0.116. The fourth-order valence-electron chi connectivity index (χ4n) is 3.94. The lowest BCUT2D eigenvalue weighted by Crippen LogP contribution is -2.36. The van der Waals surface area contributed by atoms with Crippen LogP contribution in [-0.4, -0.2) is 53.1 Å². The summed E-state index contributed by atoms with van der Waals surface area (Å²) in [7, 11) is 0. The first-order valence-corrected chi connectivity index (χ1v) is 11.1. The molecule has 31 heavy (non-hydrogen) atoms. The number of hydrogen-bond acceptors (Lipinski definition) is 4. The van der Waals surface area contributed by atoms with Gasteiger partial charge in [0.1, 0.15) is 0 Å². The van der Waals surface area contributed by atoms with E-state index in [-0.39, 0.29) is 24.8 Å². The third kappa shape index (κ3) is 4.39. The third-order valence-electron chi connectivity index (χ3n) is 5.57. The Morgan fingerprint density at radius 1 is 0.935 bits per heavy atom. The molecule has 7 nitrogen and oxygen atoms in total. The number of hydrogen-bond donors (Lipinski definition) is 1. The van der Waals surface area contributed by atoms with E-state index in [1.807, 2.05) is 4.90 Å². The number of amides is 4. The quantitative estimate of drug-likeness (QED) is 0.656. The number of fused-ring (bicyclic) bond motifs is 1. The van der Waals surface area contributed by atoms with Crippen molar-refractivity contribution in [2.24, 2.45) is 0 Å². The van der Waals surface area contributed by atoms with Crippen LogP contribution in [0.5, 0.6) is 0 Å². The summed E-state index contributed by atoms with van der Waals surface area (Å²) in [6, 6.07) is 11.8. The average Bonchev–Trinajstić information content (AvgIpc) is 3.02. The van der Waals surface area contributed by atoms with Crippen LogP contribution in [0.2, 0.25) is 0 Å². The lowest BCUT2D eigenvalue weighted by atomic mass is 10.1. The molecule has 1 fully saturated rings. The van der Waals surface area contributed by atoms with Crippen LogP contribution in [0, 0.1) is 0 Å². The molecule has 4 amide bonds. The minimum absolute atomic E-state index is 0.0297. The molecule has 2 aliphatic heterocycles. The Balaban J connectivity index is 1.40. The highest BCUT2D eigenvalue weighted by molar-refractivity contribution is 9.10. The van der Waals surface area contributed by atoms with Gasteiger partial charge in [-0.1, -0.05) is 28.1 Å². The van der Waals surface area contributed by atoms with Crippen molar-refractivity contribution in [2.75, 3.05) is 25.0 Å². The maximum absolute atomic E-state index is 12.9. The second-order valence-electron chi connectivity index (χ2n) is 7.65. The van der Waals surface area contributed by atoms with Gasteiger partial charge in [-0.2, -0.15) is 0 Å². The number of carbonyl (C=O) groups is 4. The maximum Gasteiger partial charge on any atom is 0.261 e. The monoisotopic (exact) mass is 483 g/mol. The van der Waals surface area contributed by atoms with Crippen LogP contribution in [0.1, 0.15) is 56.8 Å². The Kier molecular flexibility index (Phi) is 6.18. The number of nitrogens with one attached hydrogen (secondary N) is 1. The van der Waals surface area contributed by atoms with Crippen molar-refractivity contribution in [3.05, 3.63) is 63.6 Å². The number of rotatable bonds is 5. The summed E-state index contributed by atoms with van der Waals surface area (Å²) in [4.78, 5) is 53.4. The van der Waals surface area contributed by atoms with Crippen molar-refractivity contribution in [3.63, 3.8) is 0 Å². The van der Waals surface area contributed by atoms with Gasteiger partial charge in [-0.3, -0.25) is 24.1 Å². The van der Waals surface area contributed by atoms with Crippen LogP contribution >= 0.6 is 15.9 Å². The molecule has 0 atom stereocenters. The standard InChI is InChI=1S/C23H22BrN3O4/c24-15-8-9-16-18(14-15)23(31)27(22(16)30)13-10-20(28)25-19-7-3-2-6-17(19)21(29)26-11-4-1-5-12-26/h2-3,6-9,14H,1,4-5,10-13H2,(H,25,28). The summed E-state index contributed by atoms with van der Waals surface area (Å²) >= 11 is 3.30. The molecule has 1 N–H and O–H groups in total. The summed E-state index contributed by atoms with van der Waals surface area (Å²) < 4.78 is 0.710. The van der Waals surface area contributed by atoms with E-state index < -0.39 is 11.8 Å². The van der Waals surface area contributed by atoms with Gasteiger partial charge in [-0.25, -0.2) is 0 Å². The fraction of sp³-hybridized carbons (Fsp3) is 0.304. The molecule has 2 aromatic rings. The van der Waals surface area contributed by atoms with Gasteiger partial charge in [-0.05, 0) is 49.6 Å².